The second-order valence-corrected chi connectivity index (χ2v) is 6.44. The van der Waals surface area contributed by atoms with Crippen LogP contribution in [0.25, 0.3) is 0 Å². The molecule has 1 aromatic heterocycles. The molecule has 2 rings (SSSR count). The second-order valence-electron chi connectivity index (χ2n) is 4.18. The summed E-state index contributed by atoms with van der Waals surface area (Å²) < 4.78 is 1.13. The van der Waals surface area contributed by atoms with Gasteiger partial charge in [0.25, 0.3) is 0 Å². The molecule has 0 amide bonds. The molecule has 0 aliphatic heterocycles. The van der Waals surface area contributed by atoms with Crippen LogP contribution < -0.4 is 5.32 Å². The zero-order chi connectivity index (χ0) is 12.3. The molecule has 0 radical (unpaired) electrons. The molecule has 2 aromatic rings. The van der Waals surface area contributed by atoms with Crippen LogP contribution in [-0.2, 0) is 13.1 Å². The third kappa shape index (κ3) is 3.66. The normalized spacial score (nSPS) is 10.8. The standard InChI is InChI=1S/C14H16BrNS/c1-10-7-14(17-11(10)2)9-16-8-12-3-5-13(15)6-4-12/h3-7,16H,8-9H2,1-2H3. The lowest BCUT2D eigenvalue weighted by molar-refractivity contribution is 0.701. The highest BCUT2D eigenvalue weighted by Gasteiger charge is 2.01. The van der Waals surface area contributed by atoms with Gasteiger partial charge in [-0.3, -0.25) is 0 Å². The van der Waals surface area contributed by atoms with E-state index in [1.807, 2.05) is 11.3 Å². The highest BCUT2D eigenvalue weighted by molar-refractivity contribution is 9.10. The minimum Gasteiger partial charge on any atom is -0.308 e. The number of hydrogen-bond donors (Lipinski definition) is 1. The third-order valence-corrected chi connectivity index (χ3v) is 4.44. The fourth-order valence-corrected chi connectivity index (χ4v) is 2.96. The van der Waals surface area contributed by atoms with E-state index in [4.69, 9.17) is 0 Å². The average molecular weight is 310 g/mol. The zero-order valence-electron chi connectivity index (χ0n) is 10.1. The molecule has 1 nitrogen and oxygen atoms in total. The maximum atomic E-state index is 3.47. The zero-order valence-corrected chi connectivity index (χ0v) is 12.5. The Morgan fingerprint density at radius 2 is 1.82 bits per heavy atom. The first-order chi connectivity index (χ1) is 8.15. The predicted octanol–water partition coefficient (Wildman–Crippen LogP) is 4.42. The maximum Gasteiger partial charge on any atom is 0.0303 e. The van der Waals surface area contributed by atoms with Crippen molar-refractivity contribution in [3.8, 4) is 0 Å². The van der Waals surface area contributed by atoms with Crippen molar-refractivity contribution in [2.24, 2.45) is 0 Å². The summed E-state index contributed by atoms with van der Waals surface area (Å²) in [7, 11) is 0. The lowest BCUT2D eigenvalue weighted by atomic mass is 10.2. The first kappa shape index (κ1) is 12.8. The number of halogens is 1. The van der Waals surface area contributed by atoms with Crippen LogP contribution in [0.4, 0.5) is 0 Å². The molecule has 1 heterocycles. The number of thiophene rings is 1. The predicted molar refractivity (Wildman–Crippen MR) is 78.5 cm³/mol. The van der Waals surface area contributed by atoms with Crippen LogP contribution in [0.15, 0.2) is 34.8 Å². The van der Waals surface area contributed by atoms with Gasteiger partial charge in [0.2, 0.25) is 0 Å². The van der Waals surface area contributed by atoms with Crippen molar-refractivity contribution in [2.45, 2.75) is 26.9 Å². The Morgan fingerprint density at radius 1 is 1.12 bits per heavy atom. The van der Waals surface area contributed by atoms with Crippen LogP contribution >= 0.6 is 27.3 Å². The fraction of sp³-hybridized carbons (Fsp3) is 0.286. The lowest BCUT2D eigenvalue weighted by Crippen LogP contribution is -2.11. The summed E-state index contributed by atoms with van der Waals surface area (Å²) in [6.45, 7) is 6.22. The van der Waals surface area contributed by atoms with Crippen molar-refractivity contribution in [2.75, 3.05) is 0 Å². The second kappa shape index (κ2) is 5.80. The van der Waals surface area contributed by atoms with Gasteiger partial charge in [0.15, 0.2) is 0 Å². The van der Waals surface area contributed by atoms with Crippen LogP contribution in [0, 0.1) is 13.8 Å². The van der Waals surface area contributed by atoms with Crippen molar-refractivity contribution in [3.63, 3.8) is 0 Å². The van der Waals surface area contributed by atoms with E-state index in [-0.39, 0.29) is 0 Å². The van der Waals surface area contributed by atoms with Gasteiger partial charge in [-0.2, -0.15) is 0 Å². The Morgan fingerprint density at radius 3 is 2.41 bits per heavy atom. The smallest absolute Gasteiger partial charge is 0.0303 e. The Balaban J connectivity index is 1.85. The Hall–Kier alpha value is -0.640. The molecule has 90 valence electrons. The van der Waals surface area contributed by atoms with Crippen LogP contribution in [0.2, 0.25) is 0 Å². The van der Waals surface area contributed by atoms with Gasteiger partial charge in [0, 0.05) is 27.3 Å². The van der Waals surface area contributed by atoms with Gasteiger partial charge in [-0.25, -0.2) is 0 Å². The topological polar surface area (TPSA) is 12.0 Å². The summed E-state index contributed by atoms with van der Waals surface area (Å²) in [6, 6.07) is 10.7. The molecule has 0 bridgehead atoms. The maximum absolute atomic E-state index is 3.47. The molecular weight excluding hydrogens is 294 g/mol. The minimum absolute atomic E-state index is 0.920. The van der Waals surface area contributed by atoms with Crippen LogP contribution in [0.1, 0.15) is 20.9 Å². The van der Waals surface area contributed by atoms with Gasteiger partial charge in [-0.15, -0.1) is 11.3 Å². The van der Waals surface area contributed by atoms with Gasteiger partial charge in [0.05, 0.1) is 0 Å². The number of rotatable bonds is 4. The van der Waals surface area contributed by atoms with E-state index in [0.717, 1.165) is 17.6 Å². The third-order valence-electron chi connectivity index (χ3n) is 2.76. The first-order valence-electron chi connectivity index (χ1n) is 5.66. The van der Waals surface area contributed by atoms with Gasteiger partial charge in [0.1, 0.15) is 0 Å². The van der Waals surface area contributed by atoms with Crippen LogP contribution in [0.3, 0.4) is 0 Å². The van der Waals surface area contributed by atoms with Gasteiger partial charge >= 0.3 is 0 Å². The van der Waals surface area contributed by atoms with Crippen molar-refractivity contribution < 1.29 is 0 Å². The molecule has 1 aromatic carbocycles. The van der Waals surface area contributed by atoms with Crippen LogP contribution in [0.5, 0.6) is 0 Å². The van der Waals surface area contributed by atoms with E-state index in [2.05, 4.69) is 65.4 Å². The highest BCUT2D eigenvalue weighted by Crippen LogP contribution is 2.20. The first-order valence-corrected chi connectivity index (χ1v) is 7.27. The summed E-state index contributed by atoms with van der Waals surface area (Å²) in [5, 5.41) is 3.47. The van der Waals surface area contributed by atoms with E-state index in [9.17, 15) is 0 Å². The molecule has 0 fully saturated rings. The van der Waals surface area contributed by atoms with E-state index >= 15 is 0 Å². The minimum atomic E-state index is 0.920. The van der Waals surface area contributed by atoms with E-state index < -0.39 is 0 Å². The van der Waals surface area contributed by atoms with E-state index in [1.54, 1.807) is 0 Å². The van der Waals surface area contributed by atoms with Gasteiger partial charge in [-0.05, 0) is 43.2 Å². The molecule has 0 spiro atoms. The van der Waals surface area contributed by atoms with E-state index in [0.29, 0.717) is 0 Å². The quantitative estimate of drug-likeness (QED) is 0.881. The molecule has 0 saturated heterocycles. The fourth-order valence-electron chi connectivity index (χ4n) is 1.67. The molecule has 3 heteroatoms. The Kier molecular flexibility index (Phi) is 4.37. The van der Waals surface area contributed by atoms with Crippen molar-refractivity contribution >= 4 is 27.3 Å². The molecule has 0 unspecified atom stereocenters. The molecule has 0 atom stereocenters. The number of aryl methyl sites for hydroxylation is 2. The summed E-state index contributed by atoms with van der Waals surface area (Å²) in [4.78, 5) is 2.84. The Bertz CT molecular complexity index is 468. The number of hydrogen-bond acceptors (Lipinski definition) is 2. The monoisotopic (exact) mass is 309 g/mol. The van der Waals surface area contributed by atoms with Crippen LogP contribution in [-0.4, -0.2) is 0 Å². The Labute approximate surface area is 115 Å². The number of benzene rings is 1. The summed E-state index contributed by atoms with van der Waals surface area (Å²) >= 11 is 5.32. The van der Waals surface area contributed by atoms with Crippen molar-refractivity contribution in [3.05, 3.63) is 55.7 Å². The number of nitrogens with one attached hydrogen (secondary N) is 1. The molecule has 0 saturated carbocycles. The van der Waals surface area contributed by atoms with Gasteiger partial charge in [-0.1, -0.05) is 28.1 Å². The molecule has 17 heavy (non-hydrogen) atoms. The highest BCUT2D eigenvalue weighted by atomic mass is 79.9. The summed E-state index contributed by atoms with van der Waals surface area (Å²) in [6.07, 6.45) is 0. The van der Waals surface area contributed by atoms with Crippen molar-refractivity contribution in [1.29, 1.82) is 0 Å². The van der Waals surface area contributed by atoms with Crippen molar-refractivity contribution in [1.82, 2.24) is 5.32 Å². The average Bonchev–Trinajstić information content (AvgIpc) is 2.61. The van der Waals surface area contributed by atoms with E-state index in [1.165, 1.54) is 20.9 Å². The lowest BCUT2D eigenvalue weighted by Gasteiger charge is -2.03. The van der Waals surface area contributed by atoms with Gasteiger partial charge < -0.3 is 5.32 Å². The largest absolute Gasteiger partial charge is 0.308 e. The molecule has 0 aliphatic carbocycles. The molecule has 0 aliphatic rings. The molecule has 1 N–H and O–H groups in total. The SMILES string of the molecule is Cc1cc(CNCc2ccc(Br)cc2)sc1C. The summed E-state index contributed by atoms with van der Waals surface area (Å²) in [5.41, 5.74) is 2.72. The summed E-state index contributed by atoms with van der Waals surface area (Å²) in [5.74, 6) is 0. The molecular formula is C14H16BrNS.